The number of para-hydroxylation sites is 2. The molecule has 2 rings (SSSR count). The van der Waals surface area contributed by atoms with Crippen LogP contribution >= 0.6 is 0 Å². The van der Waals surface area contributed by atoms with Gasteiger partial charge in [-0.15, -0.1) is 0 Å². The van der Waals surface area contributed by atoms with Crippen LogP contribution in [0.25, 0.3) is 0 Å². The third kappa shape index (κ3) is 5.07. The number of sulfone groups is 1. The lowest BCUT2D eigenvalue weighted by Crippen LogP contribution is -2.24. The van der Waals surface area contributed by atoms with E-state index in [0.29, 0.717) is 17.0 Å². The summed E-state index contributed by atoms with van der Waals surface area (Å²) in [5, 5.41) is 2.50. The molecule has 0 aliphatic carbocycles. The van der Waals surface area contributed by atoms with Gasteiger partial charge in [0.1, 0.15) is 17.3 Å². The quantitative estimate of drug-likeness (QED) is 0.878. The van der Waals surface area contributed by atoms with E-state index in [2.05, 4.69) is 5.32 Å². The van der Waals surface area contributed by atoms with Crippen molar-refractivity contribution in [2.24, 2.45) is 0 Å². The predicted molar refractivity (Wildman–Crippen MR) is 85.5 cm³/mol. The van der Waals surface area contributed by atoms with Gasteiger partial charge in [-0.05, 0) is 29.8 Å². The maximum atomic E-state index is 13.1. The highest BCUT2D eigenvalue weighted by atomic mass is 32.2. The Hall–Kier alpha value is -2.41. The van der Waals surface area contributed by atoms with E-state index in [1.807, 2.05) is 0 Å². The number of ether oxygens (including phenoxy) is 1. The van der Waals surface area contributed by atoms with Gasteiger partial charge < -0.3 is 10.1 Å². The van der Waals surface area contributed by atoms with Gasteiger partial charge in [0.2, 0.25) is 5.91 Å². The Kier molecular flexibility index (Phi) is 5.33. The molecule has 0 bridgehead atoms. The van der Waals surface area contributed by atoms with E-state index in [9.17, 15) is 17.6 Å². The van der Waals surface area contributed by atoms with Crippen LogP contribution < -0.4 is 10.1 Å². The molecule has 0 aliphatic rings. The van der Waals surface area contributed by atoms with Gasteiger partial charge in [-0.3, -0.25) is 4.79 Å². The number of carbonyl (C=O) groups excluding carboxylic acids is 1. The highest BCUT2D eigenvalue weighted by Gasteiger charge is 2.18. The molecule has 0 atom stereocenters. The van der Waals surface area contributed by atoms with Crippen molar-refractivity contribution in [3.05, 3.63) is 59.9 Å². The molecule has 23 heavy (non-hydrogen) atoms. The fraction of sp³-hybridized carbons (Fsp3) is 0.188. The Morgan fingerprint density at radius 3 is 2.61 bits per heavy atom. The molecule has 7 heteroatoms. The topological polar surface area (TPSA) is 72.5 Å². The first-order valence-electron chi connectivity index (χ1n) is 6.77. The van der Waals surface area contributed by atoms with Crippen LogP contribution in [-0.4, -0.2) is 27.2 Å². The number of hydrogen-bond donors (Lipinski definition) is 1. The minimum absolute atomic E-state index is 0.301. The van der Waals surface area contributed by atoms with Crippen molar-refractivity contribution >= 4 is 21.4 Å². The van der Waals surface area contributed by atoms with Gasteiger partial charge in [-0.2, -0.15) is 0 Å². The van der Waals surface area contributed by atoms with E-state index in [-0.39, 0.29) is 0 Å². The zero-order chi connectivity index (χ0) is 16.9. The van der Waals surface area contributed by atoms with Crippen molar-refractivity contribution in [1.82, 2.24) is 0 Å². The van der Waals surface area contributed by atoms with E-state index in [0.717, 1.165) is 6.07 Å². The second-order valence-electron chi connectivity index (χ2n) is 4.91. The number of anilines is 1. The van der Waals surface area contributed by atoms with Gasteiger partial charge in [0.15, 0.2) is 9.84 Å². The fourth-order valence-electron chi connectivity index (χ4n) is 2.07. The van der Waals surface area contributed by atoms with Crippen molar-refractivity contribution in [3.8, 4) is 5.75 Å². The van der Waals surface area contributed by atoms with Crippen LogP contribution in [0.5, 0.6) is 5.75 Å². The number of rotatable bonds is 6. The lowest BCUT2D eigenvalue weighted by Gasteiger charge is -2.10. The van der Waals surface area contributed by atoms with Crippen LogP contribution in [-0.2, 0) is 20.4 Å². The molecule has 1 N–H and O–H groups in total. The first-order valence-corrected chi connectivity index (χ1v) is 8.59. The zero-order valence-electron chi connectivity index (χ0n) is 12.5. The lowest BCUT2D eigenvalue weighted by molar-refractivity contribution is -0.113. The van der Waals surface area contributed by atoms with Gasteiger partial charge in [0, 0.05) is 0 Å². The van der Waals surface area contributed by atoms with Crippen LogP contribution in [0, 0.1) is 5.82 Å². The molecule has 1 amide bonds. The normalized spacial score (nSPS) is 11.0. The SMILES string of the molecule is COc1ccccc1NC(=O)CS(=O)(=O)Cc1cccc(F)c1. The fourth-order valence-corrected chi connectivity index (χ4v) is 3.33. The van der Waals surface area contributed by atoms with Crippen LogP contribution in [0.1, 0.15) is 5.56 Å². The maximum absolute atomic E-state index is 13.1. The van der Waals surface area contributed by atoms with Crippen LogP contribution in [0.4, 0.5) is 10.1 Å². The number of benzene rings is 2. The highest BCUT2D eigenvalue weighted by molar-refractivity contribution is 7.91. The minimum atomic E-state index is -3.71. The van der Waals surface area contributed by atoms with Crippen LogP contribution in [0.15, 0.2) is 48.5 Å². The summed E-state index contributed by atoms with van der Waals surface area (Å²) in [7, 11) is -2.26. The third-order valence-corrected chi connectivity index (χ3v) is 4.48. The summed E-state index contributed by atoms with van der Waals surface area (Å²) >= 11 is 0. The van der Waals surface area contributed by atoms with E-state index in [1.165, 1.54) is 25.3 Å². The Balaban J connectivity index is 2.04. The van der Waals surface area contributed by atoms with Crippen molar-refractivity contribution < 1.29 is 22.3 Å². The van der Waals surface area contributed by atoms with Gasteiger partial charge in [-0.1, -0.05) is 24.3 Å². The number of methoxy groups -OCH3 is 1. The lowest BCUT2D eigenvalue weighted by atomic mass is 10.2. The molecule has 0 saturated carbocycles. The number of carbonyl (C=O) groups is 1. The molecule has 0 spiro atoms. The standard InChI is InChI=1S/C16H16FNO4S/c1-22-15-8-3-2-7-14(15)18-16(19)11-23(20,21)10-12-5-4-6-13(17)9-12/h2-9H,10-11H2,1H3,(H,18,19). The molecule has 2 aromatic carbocycles. The largest absolute Gasteiger partial charge is 0.495 e. The molecule has 0 radical (unpaired) electrons. The van der Waals surface area contributed by atoms with E-state index in [1.54, 1.807) is 24.3 Å². The molecule has 0 saturated heterocycles. The molecule has 2 aromatic rings. The Morgan fingerprint density at radius 2 is 1.91 bits per heavy atom. The second kappa shape index (κ2) is 7.23. The summed E-state index contributed by atoms with van der Waals surface area (Å²) < 4.78 is 42.3. The number of hydrogen-bond acceptors (Lipinski definition) is 4. The summed E-state index contributed by atoms with van der Waals surface area (Å²) in [6, 6.07) is 12.0. The first-order chi connectivity index (χ1) is 10.9. The van der Waals surface area contributed by atoms with Crippen molar-refractivity contribution in [2.75, 3.05) is 18.2 Å². The van der Waals surface area contributed by atoms with E-state index >= 15 is 0 Å². The Bertz CT molecular complexity index is 805. The second-order valence-corrected chi connectivity index (χ2v) is 6.98. The third-order valence-electron chi connectivity index (χ3n) is 3.01. The molecular formula is C16H16FNO4S. The number of amides is 1. The highest BCUT2D eigenvalue weighted by Crippen LogP contribution is 2.23. The molecular weight excluding hydrogens is 321 g/mol. The van der Waals surface area contributed by atoms with Crippen LogP contribution in [0.3, 0.4) is 0 Å². The Morgan fingerprint density at radius 1 is 1.17 bits per heavy atom. The molecule has 0 aromatic heterocycles. The smallest absolute Gasteiger partial charge is 0.239 e. The summed E-state index contributed by atoms with van der Waals surface area (Å²) in [4.78, 5) is 11.9. The molecule has 0 unspecified atom stereocenters. The molecule has 122 valence electrons. The molecule has 0 fully saturated rings. The summed E-state index contributed by atoms with van der Waals surface area (Å²) in [6.07, 6.45) is 0. The molecule has 0 aliphatic heterocycles. The summed E-state index contributed by atoms with van der Waals surface area (Å²) in [5.41, 5.74) is 0.691. The minimum Gasteiger partial charge on any atom is -0.495 e. The average molecular weight is 337 g/mol. The summed E-state index contributed by atoms with van der Waals surface area (Å²) in [6.45, 7) is 0. The maximum Gasteiger partial charge on any atom is 0.239 e. The average Bonchev–Trinajstić information content (AvgIpc) is 2.46. The van der Waals surface area contributed by atoms with Gasteiger partial charge in [0.25, 0.3) is 0 Å². The van der Waals surface area contributed by atoms with Gasteiger partial charge >= 0.3 is 0 Å². The van der Waals surface area contributed by atoms with Gasteiger partial charge in [-0.25, -0.2) is 12.8 Å². The Labute approximate surface area is 134 Å². The molecule has 5 nitrogen and oxygen atoms in total. The van der Waals surface area contributed by atoms with Crippen molar-refractivity contribution in [3.63, 3.8) is 0 Å². The first kappa shape index (κ1) is 17.0. The zero-order valence-corrected chi connectivity index (χ0v) is 13.3. The summed E-state index contributed by atoms with van der Waals surface area (Å²) in [5.74, 6) is -1.85. The van der Waals surface area contributed by atoms with Crippen molar-refractivity contribution in [2.45, 2.75) is 5.75 Å². The monoisotopic (exact) mass is 337 g/mol. The predicted octanol–water partition coefficient (Wildman–Crippen LogP) is 2.39. The van der Waals surface area contributed by atoms with E-state index in [4.69, 9.17) is 4.74 Å². The molecule has 0 heterocycles. The number of nitrogens with one attached hydrogen (secondary N) is 1. The number of halogens is 1. The van der Waals surface area contributed by atoms with Crippen molar-refractivity contribution in [1.29, 1.82) is 0 Å². The van der Waals surface area contributed by atoms with Gasteiger partial charge in [0.05, 0.1) is 18.6 Å². The van der Waals surface area contributed by atoms with E-state index < -0.39 is 33.1 Å². The van der Waals surface area contributed by atoms with Crippen LogP contribution in [0.2, 0.25) is 0 Å².